The first kappa shape index (κ1) is 17.8. The van der Waals surface area contributed by atoms with E-state index in [4.69, 9.17) is 0 Å². The third-order valence-electron chi connectivity index (χ3n) is 4.22. The van der Waals surface area contributed by atoms with E-state index in [1.807, 2.05) is 32.0 Å². The fourth-order valence-electron chi connectivity index (χ4n) is 2.91. The second-order valence-corrected chi connectivity index (χ2v) is 6.24. The minimum atomic E-state index is -0.898. The Bertz CT molecular complexity index is 959. The molecule has 1 N–H and O–H groups in total. The molecule has 0 saturated carbocycles. The molecule has 1 amide bonds. The lowest BCUT2D eigenvalue weighted by atomic mass is 10.1. The summed E-state index contributed by atoms with van der Waals surface area (Å²) in [6.45, 7) is 6.10. The van der Waals surface area contributed by atoms with Crippen molar-refractivity contribution in [1.82, 2.24) is 9.78 Å². The van der Waals surface area contributed by atoms with E-state index in [1.165, 1.54) is 6.07 Å². The second-order valence-electron chi connectivity index (χ2n) is 6.24. The Morgan fingerprint density at radius 1 is 1.08 bits per heavy atom. The first-order chi connectivity index (χ1) is 12.4. The maximum absolute atomic E-state index is 13.8. The number of nitrogens with zero attached hydrogens (tertiary/aromatic N) is 2. The Kier molecular flexibility index (Phi) is 4.84. The standard InChI is InChI=1S/C20H19F2N3O/c1-12-6-4-7-15(10-12)11-25-14(3)19(13(2)24-25)23-20(26)18-16(21)8-5-9-17(18)22/h4-10H,11H2,1-3H3,(H,23,26). The Morgan fingerprint density at radius 2 is 1.73 bits per heavy atom. The number of anilines is 1. The van der Waals surface area contributed by atoms with Gasteiger partial charge in [0.05, 0.1) is 23.6 Å². The Balaban J connectivity index is 1.87. The summed E-state index contributed by atoms with van der Waals surface area (Å²) in [4.78, 5) is 12.3. The van der Waals surface area contributed by atoms with Crippen LogP contribution in [0.25, 0.3) is 0 Å². The van der Waals surface area contributed by atoms with Crippen LogP contribution in [0.4, 0.5) is 14.5 Å². The van der Waals surface area contributed by atoms with Gasteiger partial charge in [-0.25, -0.2) is 8.78 Å². The van der Waals surface area contributed by atoms with Crippen LogP contribution in [-0.2, 0) is 6.54 Å². The Morgan fingerprint density at radius 3 is 2.38 bits per heavy atom. The van der Waals surface area contributed by atoms with Crippen molar-refractivity contribution in [2.75, 3.05) is 5.32 Å². The molecule has 3 rings (SSSR count). The fourth-order valence-corrected chi connectivity index (χ4v) is 2.91. The molecule has 0 saturated heterocycles. The van der Waals surface area contributed by atoms with E-state index in [9.17, 15) is 13.6 Å². The number of nitrogens with one attached hydrogen (secondary N) is 1. The summed E-state index contributed by atoms with van der Waals surface area (Å²) in [6.07, 6.45) is 0. The summed E-state index contributed by atoms with van der Waals surface area (Å²) in [6, 6.07) is 11.4. The van der Waals surface area contributed by atoms with Gasteiger partial charge in [-0.05, 0) is 38.5 Å². The van der Waals surface area contributed by atoms with Crippen LogP contribution in [0.5, 0.6) is 0 Å². The molecular formula is C20H19F2N3O. The smallest absolute Gasteiger partial charge is 0.261 e. The molecule has 2 aromatic carbocycles. The van der Waals surface area contributed by atoms with E-state index in [1.54, 1.807) is 11.6 Å². The molecule has 0 unspecified atom stereocenters. The minimum Gasteiger partial charge on any atom is -0.319 e. The molecule has 4 nitrogen and oxygen atoms in total. The van der Waals surface area contributed by atoms with Crippen LogP contribution in [0, 0.1) is 32.4 Å². The highest BCUT2D eigenvalue weighted by molar-refractivity contribution is 6.05. The molecule has 0 fully saturated rings. The number of halogens is 2. The molecule has 0 aliphatic heterocycles. The van der Waals surface area contributed by atoms with Crippen LogP contribution in [0.15, 0.2) is 42.5 Å². The van der Waals surface area contributed by atoms with Crippen molar-refractivity contribution in [3.05, 3.63) is 82.2 Å². The molecule has 6 heteroatoms. The quantitative estimate of drug-likeness (QED) is 0.755. The summed E-state index contributed by atoms with van der Waals surface area (Å²) >= 11 is 0. The summed E-state index contributed by atoms with van der Waals surface area (Å²) in [5.74, 6) is -2.63. The molecule has 0 spiro atoms. The summed E-state index contributed by atoms with van der Waals surface area (Å²) in [5, 5.41) is 7.03. The van der Waals surface area contributed by atoms with Gasteiger partial charge in [0.15, 0.2) is 0 Å². The van der Waals surface area contributed by atoms with Gasteiger partial charge in [-0.15, -0.1) is 0 Å². The van der Waals surface area contributed by atoms with Crippen LogP contribution in [-0.4, -0.2) is 15.7 Å². The molecule has 0 atom stereocenters. The number of carbonyl (C=O) groups excluding carboxylic acids is 1. The zero-order chi connectivity index (χ0) is 18.8. The van der Waals surface area contributed by atoms with Crippen molar-refractivity contribution in [1.29, 1.82) is 0 Å². The van der Waals surface area contributed by atoms with Gasteiger partial charge in [-0.1, -0.05) is 35.9 Å². The number of amides is 1. The highest BCUT2D eigenvalue weighted by Gasteiger charge is 2.20. The van der Waals surface area contributed by atoms with Crippen LogP contribution >= 0.6 is 0 Å². The molecule has 0 aliphatic carbocycles. The predicted octanol–water partition coefficient (Wildman–Crippen LogP) is 4.39. The first-order valence-electron chi connectivity index (χ1n) is 8.21. The van der Waals surface area contributed by atoms with Crippen molar-refractivity contribution in [2.45, 2.75) is 27.3 Å². The second kappa shape index (κ2) is 7.07. The van der Waals surface area contributed by atoms with E-state index in [0.717, 1.165) is 23.3 Å². The summed E-state index contributed by atoms with van der Waals surface area (Å²) in [5.41, 5.74) is 3.39. The van der Waals surface area contributed by atoms with Gasteiger partial charge >= 0.3 is 0 Å². The topological polar surface area (TPSA) is 46.9 Å². The lowest BCUT2D eigenvalue weighted by Gasteiger charge is -2.09. The lowest BCUT2D eigenvalue weighted by molar-refractivity contribution is 0.101. The SMILES string of the molecule is Cc1cccc(Cn2nc(C)c(NC(=O)c3c(F)cccc3F)c2C)c1. The number of rotatable bonds is 4. The number of aromatic nitrogens is 2. The third-order valence-corrected chi connectivity index (χ3v) is 4.22. The van der Waals surface area contributed by atoms with Crippen LogP contribution in [0.3, 0.4) is 0 Å². The van der Waals surface area contributed by atoms with E-state index in [0.29, 0.717) is 23.6 Å². The molecule has 1 heterocycles. The minimum absolute atomic E-state index is 0.463. The summed E-state index contributed by atoms with van der Waals surface area (Å²) < 4.78 is 29.4. The van der Waals surface area contributed by atoms with Crippen molar-refractivity contribution < 1.29 is 13.6 Å². The fraction of sp³-hybridized carbons (Fsp3) is 0.200. The van der Waals surface area contributed by atoms with Gasteiger partial charge in [-0.2, -0.15) is 5.10 Å². The highest BCUT2D eigenvalue weighted by atomic mass is 19.1. The van der Waals surface area contributed by atoms with Gasteiger partial charge in [0.2, 0.25) is 0 Å². The number of carbonyl (C=O) groups is 1. The number of hydrogen-bond acceptors (Lipinski definition) is 2. The van der Waals surface area contributed by atoms with Gasteiger partial charge in [0, 0.05) is 0 Å². The maximum atomic E-state index is 13.8. The average molecular weight is 355 g/mol. The number of aryl methyl sites for hydroxylation is 2. The summed E-state index contributed by atoms with van der Waals surface area (Å²) in [7, 11) is 0. The number of benzene rings is 2. The van der Waals surface area contributed by atoms with Gasteiger partial charge < -0.3 is 5.32 Å². The zero-order valence-electron chi connectivity index (χ0n) is 14.8. The van der Waals surface area contributed by atoms with E-state index >= 15 is 0 Å². The lowest BCUT2D eigenvalue weighted by Crippen LogP contribution is -2.17. The largest absolute Gasteiger partial charge is 0.319 e. The van der Waals surface area contributed by atoms with Crippen molar-refractivity contribution >= 4 is 11.6 Å². The van der Waals surface area contributed by atoms with Crippen LogP contribution in [0.1, 0.15) is 32.9 Å². The predicted molar refractivity (Wildman–Crippen MR) is 96.3 cm³/mol. The molecule has 1 aromatic heterocycles. The third kappa shape index (κ3) is 3.49. The molecular weight excluding hydrogens is 336 g/mol. The molecule has 134 valence electrons. The number of hydrogen-bond donors (Lipinski definition) is 1. The van der Waals surface area contributed by atoms with E-state index in [-0.39, 0.29) is 0 Å². The average Bonchev–Trinajstić information content (AvgIpc) is 2.82. The molecule has 0 radical (unpaired) electrons. The maximum Gasteiger partial charge on any atom is 0.261 e. The van der Waals surface area contributed by atoms with E-state index in [2.05, 4.69) is 16.5 Å². The van der Waals surface area contributed by atoms with Gasteiger partial charge in [0.25, 0.3) is 5.91 Å². The molecule has 3 aromatic rings. The monoisotopic (exact) mass is 355 g/mol. The van der Waals surface area contributed by atoms with Crippen molar-refractivity contribution in [2.24, 2.45) is 0 Å². The zero-order valence-corrected chi connectivity index (χ0v) is 14.8. The van der Waals surface area contributed by atoms with Gasteiger partial charge in [-0.3, -0.25) is 9.48 Å². The van der Waals surface area contributed by atoms with Crippen LogP contribution in [0.2, 0.25) is 0 Å². The highest BCUT2D eigenvalue weighted by Crippen LogP contribution is 2.22. The van der Waals surface area contributed by atoms with Gasteiger partial charge in [0.1, 0.15) is 17.2 Å². The Hall–Kier alpha value is -3.02. The molecule has 0 aliphatic rings. The van der Waals surface area contributed by atoms with Crippen molar-refractivity contribution in [3.63, 3.8) is 0 Å². The van der Waals surface area contributed by atoms with E-state index < -0.39 is 23.1 Å². The molecule has 26 heavy (non-hydrogen) atoms. The normalized spacial score (nSPS) is 10.8. The molecule has 0 bridgehead atoms. The Labute approximate surface area is 150 Å². The van der Waals surface area contributed by atoms with Crippen LogP contribution < -0.4 is 5.32 Å². The first-order valence-corrected chi connectivity index (χ1v) is 8.21. The van der Waals surface area contributed by atoms with Crippen molar-refractivity contribution in [3.8, 4) is 0 Å².